The predicted molar refractivity (Wildman–Crippen MR) is 73.4 cm³/mol. The van der Waals surface area contributed by atoms with Gasteiger partial charge in [0.15, 0.2) is 5.75 Å². The minimum Gasteiger partial charge on any atom is -0.497 e. The van der Waals surface area contributed by atoms with Crippen LogP contribution >= 0.6 is 0 Å². The van der Waals surface area contributed by atoms with Crippen molar-refractivity contribution in [3.05, 3.63) is 47.5 Å². The van der Waals surface area contributed by atoms with Gasteiger partial charge < -0.3 is 15.2 Å². The second-order valence-corrected chi connectivity index (χ2v) is 4.10. The molecule has 19 heavy (non-hydrogen) atoms. The van der Waals surface area contributed by atoms with Gasteiger partial charge in [0, 0.05) is 6.07 Å². The first-order valence-corrected chi connectivity index (χ1v) is 5.76. The molecule has 2 aromatic rings. The summed E-state index contributed by atoms with van der Waals surface area (Å²) < 4.78 is 10.8. The maximum atomic E-state index is 8.90. The van der Waals surface area contributed by atoms with Gasteiger partial charge in [0.2, 0.25) is 0 Å². The van der Waals surface area contributed by atoms with Gasteiger partial charge in [-0.3, -0.25) is 0 Å². The fraction of sp³-hybridized carbons (Fsp3) is 0.133. The maximum absolute atomic E-state index is 8.90. The van der Waals surface area contributed by atoms with Crippen molar-refractivity contribution in [2.75, 3.05) is 12.8 Å². The number of hydrogen-bond donors (Lipinski definition) is 1. The van der Waals surface area contributed by atoms with E-state index in [0.29, 0.717) is 28.5 Å². The van der Waals surface area contributed by atoms with Crippen LogP contribution in [0.25, 0.3) is 0 Å². The van der Waals surface area contributed by atoms with Crippen LogP contribution in [-0.2, 0) is 0 Å². The fourth-order valence-electron chi connectivity index (χ4n) is 1.64. The SMILES string of the molecule is COc1ccc(Oc2cc(C#N)ccc2C)c(N)c1. The molecule has 0 spiro atoms. The van der Waals surface area contributed by atoms with Crippen molar-refractivity contribution >= 4 is 5.69 Å². The Morgan fingerprint density at radius 3 is 2.53 bits per heavy atom. The first kappa shape index (κ1) is 12.8. The summed E-state index contributed by atoms with van der Waals surface area (Å²) in [6.07, 6.45) is 0. The molecule has 2 rings (SSSR count). The van der Waals surface area contributed by atoms with E-state index in [4.69, 9.17) is 20.5 Å². The van der Waals surface area contributed by atoms with Gasteiger partial charge in [-0.15, -0.1) is 0 Å². The lowest BCUT2D eigenvalue weighted by atomic mass is 10.1. The summed E-state index contributed by atoms with van der Waals surface area (Å²) in [5.74, 6) is 1.84. The normalized spacial score (nSPS) is 9.74. The molecule has 0 aliphatic heterocycles. The summed E-state index contributed by atoms with van der Waals surface area (Å²) in [5, 5.41) is 8.90. The molecule has 0 fully saturated rings. The first-order valence-electron chi connectivity index (χ1n) is 5.76. The van der Waals surface area contributed by atoms with Gasteiger partial charge in [-0.1, -0.05) is 6.07 Å². The number of anilines is 1. The summed E-state index contributed by atoms with van der Waals surface area (Å²) in [7, 11) is 1.58. The van der Waals surface area contributed by atoms with Crippen LogP contribution in [-0.4, -0.2) is 7.11 Å². The maximum Gasteiger partial charge on any atom is 0.150 e. The summed E-state index contributed by atoms with van der Waals surface area (Å²) in [4.78, 5) is 0. The van der Waals surface area contributed by atoms with Gasteiger partial charge in [0.1, 0.15) is 11.5 Å². The molecule has 0 aliphatic carbocycles. The highest BCUT2D eigenvalue weighted by Gasteiger charge is 2.07. The molecule has 4 nitrogen and oxygen atoms in total. The van der Waals surface area contributed by atoms with Crippen molar-refractivity contribution in [3.8, 4) is 23.3 Å². The molecule has 0 saturated heterocycles. The molecule has 0 heterocycles. The molecule has 0 radical (unpaired) electrons. The van der Waals surface area contributed by atoms with Gasteiger partial charge in [-0.2, -0.15) is 5.26 Å². The third-order valence-corrected chi connectivity index (χ3v) is 2.75. The quantitative estimate of drug-likeness (QED) is 0.854. The molecular weight excluding hydrogens is 240 g/mol. The lowest BCUT2D eigenvalue weighted by Crippen LogP contribution is -1.95. The van der Waals surface area contributed by atoms with Crippen molar-refractivity contribution in [3.63, 3.8) is 0 Å². The zero-order valence-corrected chi connectivity index (χ0v) is 10.8. The first-order chi connectivity index (χ1) is 9.13. The van der Waals surface area contributed by atoms with Crippen LogP contribution in [0.5, 0.6) is 17.2 Å². The average molecular weight is 254 g/mol. The molecule has 0 unspecified atom stereocenters. The minimum absolute atomic E-state index is 0.487. The number of ether oxygens (including phenoxy) is 2. The van der Waals surface area contributed by atoms with E-state index in [1.165, 1.54) is 0 Å². The van der Waals surface area contributed by atoms with E-state index in [-0.39, 0.29) is 0 Å². The number of hydrogen-bond acceptors (Lipinski definition) is 4. The number of nitrogens with two attached hydrogens (primary N) is 1. The number of rotatable bonds is 3. The van der Waals surface area contributed by atoms with Crippen molar-refractivity contribution in [1.82, 2.24) is 0 Å². The number of nitrogen functional groups attached to an aromatic ring is 1. The van der Waals surface area contributed by atoms with Crippen LogP contribution in [0.3, 0.4) is 0 Å². The summed E-state index contributed by atoms with van der Waals surface area (Å²) >= 11 is 0. The van der Waals surface area contributed by atoms with E-state index >= 15 is 0 Å². The van der Waals surface area contributed by atoms with Crippen LogP contribution < -0.4 is 15.2 Å². The minimum atomic E-state index is 0.487. The second kappa shape index (κ2) is 5.32. The lowest BCUT2D eigenvalue weighted by molar-refractivity contribution is 0.413. The van der Waals surface area contributed by atoms with E-state index in [1.54, 1.807) is 37.4 Å². The second-order valence-electron chi connectivity index (χ2n) is 4.10. The highest BCUT2D eigenvalue weighted by atomic mass is 16.5. The monoisotopic (exact) mass is 254 g/mol. The number of nitrogens with zero attached hydrogens (tertiary/aromatic N) is 1. The molecule has 0 saturated carbocycles. The lowest BCUT2D eigenvalue weighted by Gasteiger charge is -2.11. The fourth-order valence-corrected chi connectivity index (χ4v) is 1.64. The Kier molecular flexibility index (Phi) is 3.58. The van der Waals surface area contributed by atoms with Crippen molar-refractivity contribution in [1.29, 1.82) is 5.26 Å². The third-order valence-electron chi connectivity index (χ3n) is 2.75. The van der Waals surface area contributed by atoms with Crippen LogP contribution in [0.15, 0.2) is 36.4 Å². The largest absolute Gasteiger partial charge is 0.497 e. The van der Waals surface area contributed by atoms with E-state index in [0.717, 1.165) is 5.56 Å². The Hall–Kier alpha value is -2.67. The van der Waals surface area contributed by atoms with E-state index in [1.807, 2.05) is 13.0 Å². The highest BCUT2D eigenvalue weighted by molar-refractivity contribution is 5.58. The van der Waals surface area contributed by atoms with E-state index in [2.05, 4.69) is 6.07 Å². The van der Waals surface area contributed by atoms with Crippen LogP contribution in [0.1, 0.15) is 11.1 Å². The van der Waals surface area contributed by atoms with Crippen LogP contribution in [0.4, 0.5) is 5.69 Å². The Balaban J connectivity index is 2.33. The van der Waals surface area contributed by atoms with Gasteiger partial charge in [0.25, 0.3) is 0 Å². The molecule has 0 atom stereocenters. The van der Waals surface area contributed by atoms with Gasteiger partial charge in [0.05, 0.1) is 24.4 Å². The van der Waals surface area contributed by atoms with Gasteiger partial charge in [-0.05, 0) is 36.8 Å². The van der Waals surface area contributed by atoms with E-state index in [9.17, 15) is 0 Å². The summed E-state index contributed by atoms with van der Waals surface area (Å²) in [5.41, 5.74) is 7.87. The highest BCUT2D eigenvalue weighted by Crippen LogP contribution is 2.32. The topological polar surface area (TPSA) is 68.3 Å². The molecule has 0 aromatic heterocycles. The predicted octanol–water partition coefficient (Wildman–Crippen LogP) is 3.25. The molecule has 0 aliphatic rings. The van der Waals surface area contributed by atoms with Crippen LogP contribution in [0, 0.1) is 18.3 Å². The number of nitriles is 1. The third kappa shape index (κ3) is 2.78. The summed E-state index contributed by atoms with van der Waals surface area (Å²) in [6, 6.07) is 12.6. The van der Waals surface area contributed by atoms with Gasteiger partial charge in [-0.25, -0.2) is 0 Å². The Morgan fingerprint density at radius 2 is 1.89 bits per heavy atom. The zero-order valence-electron chi connectivity index (χ0n) is 10.8. The van der Waals surface area contributed by atoms with Gasteiger partial charge >= 0.3 is 0 Å². The Labute approximate surface area is 112 Å². The average Bonchev–Trinajstić information content (AvgIpc) is 2.43. The summed E-state index contributed by atoms with van der Waals surface area (Å²) in [6.45, 7) is 1.91. The molecule has 2 aromatic carbocycles. The van der Waals surface area contributed by atoms with Crippen molar-refractivity contribution in [2.24, 2.45) is 0 Å². The molecule has 96 valence electrons. The molecule has 2 N–H and O–H groups in total. The van der Waals surface area contributed by atoms with Crippen LogP contribution in [0.2, 0.25) is 0 Å². The smallest absolute Gasteiger partial charge is 0.150 e. The number of methoxy groups -OCH3 is 1. The Bertz CT molecular complexity index is 645. The number of aryl methyl sites for hydroxylation is 1. The van der Waals surface area contributed by atoms with Crippen molar-refractivity contribution < 1.29 is 9.47 Å². The standard InChI is InChI=1S/C15H14N2O2/c1-10-3-4-11(9-16)7-15(10)19-14-6-5-12(18-2)8-13(14)17/h3-8H,17H2,1-2H3. The van der Waals surface area contributed by atoms with E-state index < -0.39 is 0 Å². The van der Waals surface area contributed by atoms with Crippen molar-refractivity contribution in [2.45, 2.75) is 6.92 Å². The Morgan fingerprint density at radius 1 is 1.11 bits per heavy atom. The zero-order chi connectivity index (χ0) is 13.8. The molecule has 0 bridgehead atoms. The molecule has 4 heteroatoms. The molecular formula is C15H14N2O2. The molecule has 0 amide bonds. The number of benzene rings is 2.